The predicted octanol–water partition coefficient (Wildman–Crippen LogP) is 2.75. The van der Waals surface area contributed by atoms with Crippen LogP contribution in [-0.4, -0.2) is 16.5 Å². The maximum Gasteiger partial charge on any atom is 0.112 e. The minimum absolute atomic E-state index is 0.0140. The number of nitrogens with zero attached hydrogens (tertiary/aromatic N) is 1. The summed E-state index contributed by atoms with van der Waals surface area (Å²) < 4.78 is 0. The first-order valence-electron chi connectivity index (χ1n) is 6.26. The van der Waals surface area contributed by atoms with Gasteiger partial charge in [-0.05, 0) is 37.1 Å². The molecule has 1 heterocycles. The second-order valence-corrected chi connectivity index (χ2v) is 5.21. The molecule has 1 aromatic heterocycles. The third-order valence-corrected chi connectivity index (χ3v) is 3.36. The van der Waals surface area contributed by atoms with Gasteiger partial charge in [-0.2, -0.15) is 0 Å². The Morgan fingerprint density at radius 2 is 2.12 bits per heavy atom. The molecule has 0 bridgehead atoms. The van der Waals surface area contributed by atoms with Gasteiger partial charge >= 0.3 is 0 Å². The number of aryl methyl sites for hydroxylation is 1. The van der Waals surface area contributed by atoms with E-state index >= 15 is 0 Å². The zero-order valence-corrected chi connectivity index (χ0v) is 10.9. The van der Waals surface area contributed by atoms with Gasteiger partial charge in [0, 0.05) is 5.41 Å². The highest BCUT2D eigenvalue weighted by Gasteiger charge is 2.23. The molecule has 0 amide bonds. The molecule has 2 rings (SSSR count). The van der Waals surface area contributed by atoms with E-state index in [2.05, 4.69) is 48.9 Å². The highest BCUT2D eigenvalue weighted by Crippen LogP contribution is 2.26. The summed E-state index contributed by atoms with van der Waals surface area (Å²) in [5.41, 5.74) is 9.17. The van der Waals surface area contributed by atoms with Crippen LogP contribution in [-0.2, 0) is 11.8 Å². The third kappa shape index (κ3) is 2.34. The quantitative estimate of drug-likeness (QED) is 0.850. The van der Waals surface area contributed by atoms with E-state index in [1.807, 2.05) is 0 Å². The lowest BCUT2D eigenvalue weighted by molar-refractivity contribution is 0.463. The Morgan fingerprint density at radius 3 is 2.76 bits per heavy atom. The van der Waals surface area contributed by atoms with E-state index in [1.54, 1.807) is 0 Å². The number of nitrogens with two attached hydrogens (primary N) is 1. The van der Waals surface area contributed by atoms with E-state index in [1.165, 1.54) is 5.56 Å². The van der Waals surface area contributed by atoms with Gasteiger partial charge in [-0.3, -0.25) is 0 Å². The van der Waals surface area contributed by atoms with E-state index in [9.17, 15) is 0 Å². The van der Waals surface area contributed by atoms with Gasteiger partial charge in [0.15, 0.2) is 0 Å². The molecule has 2 aromatic rings. The van der Waals surface area contributed by atoms with Gasteiger partial charge in [-0.15, -0.1) is 0 Å². The summed E-state index contributed by atoms with van der Waals surface area (Å²) in [5.74, 6) is 1.03. The van der Waals surface area contributed by atoms with Crippen LogP contribution in [0, 0.1) is 0 Å². The fourth-order valence-corrected chi connectivity index (χ4v) is 2.08. The summed E-state index contributed by atoms with van der Waals surface area (Å²) in [7, 11) is 0. The standard InChI is InChI=1S/C14H21N3/c1-4-10-5-6-11-12(9-10)17-13(16-11)14(2,3)7-8-15/h5-6,9H,4,7-8,15H2,1-3H3,(H,16,17). The minimum atomic E-state index is 0.0140. The van der Waals surface area contributed by atoms with Crippen molar-refractivity contribution in [2.75, 3.05) is 6.54 Å². The summed E-state index contributed by atoms with van der Waals surface area (Å²) in [6.07, 6.45) is 1.99. The van der Waals surface area contributed by atoms with E-state index in [0.717, 1.165) is 29.7 Å². The summed E-state index contributed by atoms with van der Waals surface area (Å²) in [6, 6.07) is 6.42. The number of nitrogens with one attached hydrogen (secondary N) is 1. The van der Waals surface area contributed by atoms with Gasteiger partial charge in [0.2, 0.25) is 0 Å². The average Bonchev–Trinajstić information content (AvgIpc) is 2.72. The van der Waals surface area contributed by atoms with Crippen LogP contribution in [0.5, 0.6) is 0 Å². The lowest BCUT2D eigenvalue weighted by Crippen LogP contribution is -2.23. The molecule has 0 aliphatic rings. The van der Waals surface area contributed by atoms with Gasteiger partial charge in [-0.1, -0.05) is 26.8 Å². The number of fused-ring (bicyclic) bond motifs is 1. The highest BCUT2D eigenvalue weighted by atomic mass is 14.9. The number of H-pyrrole nitrogens is 1. The van der Waals surface area contributed by atoms with Crippen molar-refractivity contribution in [2.45, 2.75) is 39.0 Å². The predicted molar refractivity (Wildman–Crippen MR) is 72.2 cm³/mol. The zero-order valence-electron chi connectivity index (χ0n) is 10.9. The third-order valence-electron chi connectivity index (χ3n) is 3.36. The molecular weight excluding hydrogens is 210 g/mol. The van der Waals surface area contributed by atoms with Crippen molar-refractivity contribution in [2.24, 2.45) is 5.73 Å². The molecule has 92 valence electrons. The number of benzene rings is 1. The molecule has 3 nitrogen and oxygen atoms in total. The normalized spacial score (nSPS) is 12.2. The smallest absolute Gasteiger partial charge is 0.112 e. The second-order valence-electron chi connectivity index (χ2n) is 5.21. The first-order valence-corrected chi connectivity index (χ1v) is 6.26. The first kappa shape index (κ1) is 12.1. The maximum atomic E-state index is 5.65. The number of hydrogen-bond donors (Lipinski definition) is 2. The Balaban J connectivity index is 2.44. The van der Waals surface area contributed by atoms with E-state index in [-0.39, 0.29) is 5.41 Å². The van der Waals surface area contributed by atoms with Crippen LogP contribution in [0.3, 0.4) is 0 Å². The average molecular weight is 231 g/mol. The number of imidazole rings is 1. The first-order chi connectivity index (χ1) is 8.06. The van der Waals surface area contributed by atoms with Crippen molar-refractivity contribution in [3.63, 3.8) is 0 Å². The number of rotatable bonds is 4. The van der Waals surface area contributed by atoms with Crippen LogP contribution in [0.2, 0.25) is 0 Å². The monoisotopic (exact) mass is 231 g/mol. The molecule has 0 aliphatic heterocycles. The Labute approximate surface area is 102 Å². The van der Waals surface area contributed by atoms with Gasteiger partial charge < -0.3 is 10.7 Å². The molecule has 3 heteroatoms. The summed E-state index contributed by atoms with van der Waals surface area (Å²) >= 11 is 0. The van der Waals surface area contributed by atoms with Crippen LogP contribution in [0.15, 0.2) is 18.2 Å². The number of aromatic amines is 1. The molecule has 0 radical (unpaired) electrons. The lowest BCUT2D eigenvalue weighted by atomic mass is 9.89. The molecular formula is C14H21N3. The molecule has 0 spiro atoms. The molecule has 17 heavy (non-hydrogen) atoms. The van der Waals surface area contributed by atoms with Crippen LogP contribution < -0.4 is 5.73 Å². The number of hydrogen-bond acceptors (Lipinski definition) is 2. The minimum Gasteiger partial charge on any atom is -0.342 e. The lowest BCUT2D eigenvalue weighted by Gasteiger charge is -2.20. The second kappa shape index (κ2) is 4.49. The molecule has 0 unspecified atom stereocenters. The van der Waals surface area contributed by atoms with Crippen molar-refractivity contribution >= 4 is 11.0 Å². The highest BCUT2D eigenvalue weighted by molar-refractivity contribution is 5.76. The summed E-state index contributed by atoms with van der Waals surface area (Å²) in [4.78, 5) is 8.10. The van der Waals surface area contributed by atoms with Crippen molar-refractivity contribution in [1.82, 2.24) is 9.97 Å². The van der Waals surface area contributed by atoms with Crippen molar-refractivity contribution in [3.8, 4) is 0 Å². The molecule has 0 saturated carbocycles. The Bertz CT molecular complexity index is 511. The van der Waals surface area contributed by atoms with Crippen LogP contribution in [0.25, 0.3) is 11.0 Å². The van der Waals surface area contributed by atoms with E-state index in [0.29, 0.717) is 6.54 Å². The molecule has 1 aromatic carbocycles. The molecule has 0 fully saturated rings. The topological polar surface area (TPSA) is 54.7 Å². The molecule has 0 saturated heterocycles. The zero-order chi connectivity index (χ0) is 12.5. The van der Waals surface area contributed by atoms with Crippen LogP contribution in [0.1, 0.15) is 38.6 Å². The van der Waals surface area contributed by atoms with Crippen molar-refractivity contribution < 1.29 is 0 Å². The van der Waals surface area contributed by atoms with E-state index in [4.69, 9.17) is 5.73 Å². The Morgan fingerprint density at radius 1 is 1.35 bits per heavy atom. The van der Waals surface area contributed by atoms with Gasteiger partial charge in [0.1, 0.15) is 5.82 Å². The number of aromatic nitrogens is 2. The Hall–Kier alpha value is -1.35. The van der Waals surface area contributed by atoms with Gasteiger partial charge in [0.25, 0.3) is 0 Å². The largest absolute Gasteiger partial charge is 0.342 e. The van der Waals surface area contributed by atoms with Crippen molar-refractivity contribution in [3.05, 3.63) is 29.6 Å². The summed E-state index contributed by atoms with van der Waals surface area (Å²) in [6.45, 7) is 7.21. The van der Waals surface area contributed by atoms with Gasteiger partial charge in [-0.25, -0.2) is 4.98 Å². The fraction of sp³-hybridized carbons (Fsp3) is 0.500. The van der Waals surface area contributed by atoms with Gasteiger partial charge in [0.05, 0.1) is 11.0 Å². The molecule has 3 N–H and O–H groups in total. The maximum absolute atomic E-state index is 5.65. The van der Waals surface area contributed by atoms with Crippen LogP contribution >= 0.6 is 0 Å². The van der Waals surface area contributed by atoms with Crippen LogP contribution in [0.4, 0.5) is 0 Å². The SMILES string of the molecule is CCc1ccc2nc(C(C)(C)CCN)[nH]c2c1. The van der Waals surface area contributed by atoms with E-state index < -0.39 is 0 Å². The molecule has 0 aliphatic carbocycles. The molecule has 0 atom stereocenters. The Kier molecular flexibility index (Phi) is 3.20. The van der Waals surface area contributed by atoms with Crippen molar-refractivity contribution in [1.29, 1.82) is 0 Å². The summed E-state index contributed by atoms with van der Waals surface area (Å²) in [5, 5.41) is 0. The fourth-order valence-electron chi connectivity index (χ4n) is 2.08.